The average Bonchev–Trinajstić information content (AvgIpc) is 1.81. The van der Waals surface area contributed by atoms with Gasteiger partial charge in [-0.25, -0.2) is 0 Å². The highest BCUT2D eigenvalue weighted by molar-refractivity contribution is 6.19. The van der Waals surface area contributed by atoms with Crippen LogP contribution in [0.5, 0.6) is 0 Å². The number of hydrogen-bond donors (Lipinski definition) is 0. The van der Waals surface area contributed by atoms with Crippen LogP contribution in [0.1, 0.15) is 0 Å². The second-order valence-corrected chi connectivity index (χ2v) is 23.1. The van der Waals surface area contributed by atoms with E-state index in [2.05, 4.69) is 312 Å². The SMILES string of the molecule is c1ccc(-c2ccc3c4ccccc4n(-c4ccc(-c5ccc(-c6cccc7c6oc6cccc(-c8ccc9c(c8)c8cccc(-c%10ccccc%10)c8n9-c8ccc(-c9ccc(-c%10cccc%11c%10oc%10ccccc%10%11)cc9)cc8)c67)cc5)cc4)c3c2)cc1. The summed E-state index contributed by atoms with van der Waals surface area (Å²) in [7, 11) is 0. The van der Waals surface area contributed by atoms with E-state index in [1.807, 2.05) is 12.1 Å². The first-order valence-corrected chi connectivity index (χ1v) is 30.1. The van der Waals surface area contributed by atoms with Crippen LogP contribution in [0.25, 0.3) is 177 Å². The van der Waals surface area contributed by atoms with Gasteiger partial charge in [-0.2, -0.15) is 0 Å². The van der Waals surface area contributed by atoms with Crippen molar-refractivity contribution in [3.63, 3.8) is 0 Å². The van der Waals surface area contributed by atoms with Crippen molar-refractivity contribution < 1.29 is 8.83 Å². The topological polar surface area (TPSA) is 36.1 Å². The molecule has 88 heavy (non-hydrogen) atoms. The number of fused-ring (bicyclic) bond motifs is 12. The van der Waals surface area contributed by atoms with Crippen LogP contribution in [0, 0.1) is 0 Å². The van der Waals surface area contributed by atoms with Gasteiger partial charge in [-0.05, 0) is 122 Å². The maximum absolute atomic E-state index is 6.92. The third-order valence-corrected chi connectivity index (χ3v) is 18.2. The van der Waals surface area contributed by atoms with E-state index in [1.165, 1.54) is 60.3 Å². The molecule has 0 aliphatic heterocycles. The Morgan fingerprint density at radius 1 is 0.205 bits per heavy atom. The molecule has 0 N–H and O–H groups in total. The van der Waals surface area contributed by atoms with Crippen LogP contribution in [-0.4, -0.2) is 9.13 Å². The number of furan rings is 2. The monoisotopic (exact) mass is 1120 g/mol. The minimum Gasteiger partial charge on any atom is -0.455 e. The van der Waals surface area contributed by atoms with E-state index in [4.69, 9.17) is 8.83 Å². The lowest BCUT2D eigenvalue weighted by Gasteiger charge is -2.13. The molecule has 18 aromatic rings. The third-order valence-electron chi connectivity index (χ3n) is 18.2. The molecule has 0 amide bonds. The molecule has 0 atom stereocenters. The molecule has 410 valence electrons. The van der Waals surface area contributed by atoms with Gasteiger partial charge in [-0.3, -0.25) is 0 Å². The Bertz CT molecular complexity index is 5750. The fourth-order valence-corrected chi connectivity index (χ4v) is 14.0. The Kier molecular flexibility index (Phi) is 11.3. The molecule has 4 heteroatoms. The lowest BCUT2D eigenvalue weighted by Crippen LogP contribution is -1.95. The molecule has 0 fully saturated rings. The summed E-state index contributed by atoms with van der Waals surface area (Å²) in [6.45, 7) is 0. The van der Waals surface area contributed by atoms with Gasteiger partial charge in [0.1, 0.15) is 22.3 Å². The second kappa shape index (κ2) is 20.0. The number of aromatic nitrogens is 2. The van der Waals surface area contributed by atoms with E-state index in [-0.39, 0.29) is 0 Å². The zero-order valence-corrected chi connectivity index (χ0v) is 47.7. The fourth-order valence-electron chi connectivity index (χ4n) is 14.0. The molecule has 0 aliphatic rings. The van der Waals surface area contributed by atoms with Gasteiger partial charge in [0, 0.05) is 71.2 Å². The van der Waals surface area contributed by atoms with Crippen LogP contribution in [0.2, 0.25) is 0 Å². The van der Waals surface area contributed by atoms with Gasteiger partial charge in [0.05, 0.1) is 22.1 Å². The first kappa shape index (κ1) is 49.7. The van der Waals surface area contributed by atoms with Crippen LogP contribution < -0.4 is 0 Å². The molecule has 0 spiro atoms. The molecule has 0 aliphatic carbocycles. The fraction of sp³-hybridized carbons (Fsp3) is 0. The lowest BCUT2D eigenvalue weighted by atomic mass is 9.95. The van der Waals surface area contributed by atoms with E-state index in [0.29, 0.717) is 0 Å². The van der Waals surface area contributed by atoms with Crippen molar-refractivity contribution in [2.45, 2.75) is 0 Å². The van der Waals surface area contributed by atoms with E-state index in [9.17, 15) is 0 Å². The summed E-state index contributed by atoms with van der Waals surface area (Å²) in [5, 5.41) is 9.36. The molecular weight excluding hydrogens is 1070 g/mol. The summed E-state index contributed by atoms with van der Waals surface area (Å²) < 4.78 is 18.2. The number of benzene rings is 14. The standard InChI is InChI=1S/C84H52N2O2/c1-3-15-53(16-4-1)61-43-49-70-69-19-7-9-28-76(69)85(78(70)52-61)63-45-39-56(40-46-63)54-33-37-60(38-34-54)68-24-13-27-74-81-65(21-14-30-80(81)88-84(68)74)62-44-50-77-75(51-62)72-25-11-22-66(58-17-5-2-6-18-58)82(72)86(77)64-47-41-57(42-48-64)55-31-35-59(36-32-55)67-23-12-26-73-71-20-8-10-29-79(71)87-83(67)73/h1-52H. The Hall–Kier alpha value is -11.7. The maximum atomic E-state index is 6.92. The van der Waals surface area contributed by atoms with Crippen molar-refractivity contribution in [1.82, 2.24) is 9.13 Å². The highest BCUT2D eigenvalue weighted by atomic mass is 16.3. The largest absolute Gasteiger partial charge is 0.455 e. The number of hydrogen-bond acceptors (Lipinski definition) is 2. The van der Waals surface area contributed by atoms with Crippen molar-refractivity contribution in [2.75, 3.05) is 0 Å². The summed E-state index contributed by atoms with van der Waals surface area (Å²) >= 11 is 0. The molecule has 0 unspecified atom stereocenters. The summed E-state index contributed by atoms with van der Waals surface area (Å²) in [5.41, 5.74) is 26.6. The predicted octanol–water partition coefficient (Wildman–Crippen LogP) is 23.3. The van der Waals surface area contributed by atoms with Gasteiger partial charge in [0.15, 0.2) is 0 Å². The minimum absolute atomic E-state index is 0.864. The van der Waals surface area contributed by atoms with Gasteiger partial charge in [0.25, 0.3) is 0 Å². The van der Waals surface area contributed by atoms with Gasteiger partial charge in [-0.15, -0.1) is 0 Å². The van der Waals surface area contributed by atoms with Crippen molar-refractivity contribution in [1.29, 1.82) is 0 Å². The van der Waals surface area contributed by atoms with Crippen LogP contribution in [0.15, 0.2) is 324 Å². The zero-order valence-electron chi connectivity index (χ0n) is 47.7. The van der Waals surface area contributed by atoms with Crippen molar-refractivity contribution in [3.8, 4) is 89.3 Å². The maximum Gasteiger partial charge on any atom is 0.143 e. The van der Waals surface area contributed by atoms with Crippen LogP contribution in [0.4, 0.5) is 0 Å². The Labute approximate surface area is 507 Å². The third kappa shape index (κ3) is 7.93. The van der Waals surface area contributed by atoms with E-state index in [1.54, 1.807) is 0 Å². The highest BCUT2D eigenvalue weighted by Gasteiger charge is 2.22. The Morgan fingerprint density at radius 3 is 1.33 bits per heavy atom. The van der Waals surface area contributed by atoms with E-state index in [0.717, 1.165) is 116 Å². The molecule has 0 saturated heterocycles. The second-order valence-electron chi connectivity index (χ2n) is 23.1. The summed E-state index contributed by atoms with van der Waals surface area (Å²) in [5.74, 6) is 0. The number of nitrogens with zero attached hydrogens (tertiary/aromatic N) is 2. The number of rotatable bonds is 9. The molecular formula is C84H52N2O2. The first-order valence-electron chi connectivity index (χ1n) is 30.1. The van der Waals surface area contributed by atoms with Crippen LogP contribution in [0.3, 0.4) is 0 Å². The molecule has 4 nitrogen and oxygen atoms in total. The Balaban J connectivity index is 0.678. The van der Waals surface area contributed by atoms with Crippen molar-refractivity contribution in [3.05, 3.63) is 315 Å². The Morgan fingerprint density at radius 2 is 0.636 bits per heavy atom. The minimum atomic E-state index is 0.864. The predicted molar refractivity (Wildman–Crippen MR) is 368 cm³/mol. The molecule has 4 aromatic heterocycles. The quantitative estimate of drug-likeness (QED) is 0.144. The molecule has 18 rings (SSSR count). The normalized spacial score (nSPS) is 11.9. The highest BCUT2D eigenvalue weighted by Crippen LogP contribution is 2.45. The summed E-state index contributed by atoms with van der Waals surface area (Å²) in [6, 6.07) is 114. The molecule has 0 radical (unpaired) electrons. The number of para-hydroxylation sites is 5. The molecule has 0 bridgehead atoms. The van der Waals surface area contributed by atoms with Crippen molar-refractivity contribution >= 4 is 87.5 Å². The van der Waals surface area contributed by atoms with Gasteiger partial charge in [0.2, 0.25) is 0 Å². The first-order chi connectivity index (χ1) is 43.6. The van der Waals surface area contributed by atoms with E-state index >= 15 is 0 Å². The molecule has 4 heterocycles. The van der Waals surface area contributed by atoms with E-state index < -0.39 is 0 Å². The van der Waals surface area contributed by atoms with Crippen LogP contribution in [-0.2, 0) is 0 Å². The average molecular weight is 1120 g/mol. The zero-order chi connectivity index (χ0) is 57.8. The van der Waals surface area contributed by atoms with Gasteiger partial charge >= 0.3 is 0 Å². The summed E-state index contributed by atoms with van der Waals surface area (Å²) in [6.07, 6.45) is 0. The molecule has 0 saturated carbocycles. The molecule has 14 aromatic carbocycles. The lowest BCUT2D eigenvalue weighted by molar-refractivity contribution is 0.669. The smallest absolute Gasteiger partial charge is 0.143 e. The van der Waals surface area contributed by atoms with Crippen molar-refractivity contribution in [2.24, 2.45) is 0 Å². The van der Waals surface area contributed by atoms with Gasteiger partial charge < -0.3 is 18.0 Å². The summed E-state index contributed by atoms with van der Waals surface area (Å²) in [4.78, 5) is 0. The van der Waals surface area contributed by atoms with Gasteiger partial charge in [-0.1, -0.05) is 255 Å². The van der Waals surface area contributed by atoms with Crippen LogP contribution >= 0.6 is 0 Å².